The van der Waals surface area contributed by atoms with Crippen LogP contribution in [0.25, 0.3) is 0 Å². The van der Waals surface area contributed by atoms with E-state index in [1.165, 1.54) is 0 Å². The smallest absolute Gasteiger partial charge is 0.162 e. The van der Waals surface area contributed by atoms with Gasteiger partial charge in [-0.1, -0.05) is 29.3 Å². The summed E-state index contributed by atoms with van der Waals surface area (Å²) in [5.74, 6) is 0.558. The molecule has 0 aliphatic carbocycles. The molecule has 0 spiro atoms. The van der Waals surface area contributed by atoms with Crippen LogP contribution in [0.5, 0.6) is 5.75 Å². The van der Waals surface area contributed by atoms with Crippen molar-refractivity contribution in [3.8, 4) is 5.75 Å². The van der Waals surface area contributed by atoms with Crippen molar-refractivity contribution in [2.24, 2.45) is 0 Å². The van der Waals surface area contributed by atoms with Gasteiger partial charge in [-0.2, -0.15) is 5.10 Å². The van der Waals surface area contributed by atoms with Crippen molar-refractivity contribution in [1.29, 1.82) is 0 Å². The van der Waals surface area contributed by atoms with E-state index in [-0.39, 0.29) is 0 Å². The van der Waals surface area contributed by atoms with Gasteiger partial charge in [0, 0.05) is 23.0 Å². The van der Waals surface area contributed by atoms with Gasteiger partial charge in [0.2, 0.25) is 0 Å². The molecule has 1 N–H and O–H groups in total. The molecule has 1 heterocycles. The zero-order valence-electron chi connectivity index (χ0n) is 11.3. The van der Waals surface area contributed by atoms with Crippen molar-refractivity contribution in [3.05, 3.63) is 45.7 Å². The second kappa shape index (κ2) is 6.48. The molecule has 1 aromatic heterocycles. The molecule has 108 valence electrons. The van der Waals surface area contributed by atoms with Crippen molar-refractivity contribution in [2.45, 2.75) is 26.0 Å². The number of methoxy groups -OCH3 is 1. The van der Waals surface area contributed by atoms with Crippen molar-refractivity contribution in [2.75, 3.05) is 7.11 Å². The van der Waals surface area contributed by atoms with Crippen LogP contribution in [-0.2, 0) is 13.0 Å². The van der Waals surface area contributed by atoms with E-state index in [9.17, 15) is 5.11 Å². The molecule has 0 saturated carbocycles. The first kappa shape index (κ1) is 15.2. The Morgan fingerprint density at radius 3 is 2.55 bits per heavy atom. The number of aliphatic hydroxyl groups excluding tert-OH is 1. The fraction of sp³-hybridized carbons (Fsp3) is 0.357. The summed E-state index contributed by atoms with van der Waals surface area (Å²) in [4.78, 5) is 0. The number of ether oxygens (including phenoxy) is 1. The van der Waals surface area contributed by atoms with Gasteiger partial charge >= 0.3 is 0 Å². The zero-order valence-corrected chi connectivity index (χ0v) is 12.8. The zero-order chi connectivity index (χ0) is 14.7. The van der Waals surface area contributed by atoms with Gasteiger partial charge in [-0.15, -0.1) is 0 Å². The maximum Gasteiger partial charge on any atom is 0.162 e. The van der Waals surface area contributed by atoms with Gasteiger partial charge in [-0.3, -0.25) is 4.68 Å². The van der Waals surface area contributed by atoms with E-state index in [1.54, 1.807) is 36.2 Å². The van der Waals surface area contributed by atoms with E-state index in [0.29, 0.717) is 40.0 Å². The van der Waals surface area contributed by atoms with Crippen LogP contribution in [0.1, 0.15) is 24.3 Å². The Hall–Kier alpha value is -1.23. The van der Waals surface area contributed by atoms with Crippen LogP contribution >= 0.6 is 23.2 Å². The Balaban J connectivity index is 2.33. The van der Waals surface area contributed by atoms with Crippen LogP contribution in [0.3, 0.4) is 0 Å². The standard InChI is InChI=1S/C14H16Cl2N2O2/c1-3-18-14(13(20-2)8-17-18)12(19)7-9-10(15)5-4-6-11(9)16/h4-6,8,12,19H,3,7H2,1-2H3. The highest BCUT2D eigenvalue weighted by atomic mass is 35.5. The minimum absolute atomic E-state index is 0.306. The van der Waals surface area contributed by atoms with E-state index >= 15 is 0 Å². The molecule has 1 aromatic carbocycles. The monoisotopic (exact) mass is 314 g/mol. The summed E-state index contributed by atoms with van der Waals surface area (Å²) in [7, 11) is 1.55. The van der Waals surface area contributed by atoms with E-state index < -0.39 is 6.10 Å². The van der Waals surface area contributed by atoms with Gasteiger partial charge < -0.3 is 9.84 Å². The first-order chi connectivity index (χ1) is 9.58. The van der Waals surface area contributed by atoms with Crippen molar-refractivity contribution in [3.63, 3.8) is 0 Å². The Morgan fingerprint density at radius 2 is 2.00 bits per heavy atom. The van der Waals surface area contributed by atoms with E-state index in [4.69, 9.17) is 27.9 Å². The number of halogens is 2. The summed E-state index contributed by atoms with van der Waals surface area (Å²) in [6.07, 6.45) is 1.11. The van der Waals surface area contributed by atoms with Crippen LogP contribution in [0, 0.1) is 0 Å². The molecular weight excluding hydrogens is 299 g/mol. The highest BCUT2D eigenvalue weighted by Crippen LogP contribution is 2.32. The molecule has 20 heavy (non-hydrogen) atoms. The fourth-order valence-electron chi connectivity index (χ4n) is 2.14. The molecule has 0 fully saturated rings. The first-order valence-corrected chi connectivity index (χ1v) is 7.04. The Morgan fingerprint density at radius 1 is 1.35 bits per heavy atom. The Kier molecular flexibility index (Phi) is 4.91. The maximum atomic E-state index is 10.5. The summed E-state index contributed by atoms with van der Waals surface area (Å²) in [6.45, 7) is 2.59. The summed E-state index contributed by atoms with van der Waals surface area (Å²) < 4.78 is 6.94. The molecule has 2 rings (SSSR count). The van der Waals surface area contributed by atoms with E-state index in [1.807, 2.05) is 6.92 Å². The molecule has 1 atom stereocenters. The molecule has 0 radical (unpaired) electrons. The number of aryl methyl sites for hydroxylation is 1. The third-order valence-electron chi connectivity index (χ3n) is 3.14. The van der Waals surface area contributed by atoms with Crippen LogP contribution in [0.15, 0.2) is 24.4 Å². The molecule has 0 aliphatic rings. The topological polar surface area (TPSA) is 47.3 Å². The lowest BCUT2D eigenvalue weighted by molar-refractivity contribution is 0.163. The number of hydrogen-bond acceptors (Lipinski definition) is 3. The molecule has 0 saturated heterocycles. The second-order valence-corrected chi connectivity index (χ2v) is 5.15. The number of benzene rings is 1. The van der Waals surface area contributed by atoms with E-state index in [0.717, 1.165) is 0 Å². The molecule has 6 heteroatoms. The number of aliphatic hydroxyl groups is 1. The lowest BCUT2D eigenvalue weighted by Gasteiger charge is -2.15. The van der Waals surface area contributed by atoms with E-state index in [2.05, 4.69) is 5.10 Å². The number of aromatic nitrogens is 2. The average molecular weight is 315 g/mol. The SMILES string of the molecule is CCn1ncc(OC)c1C(O)Cc1c(Cl)cccc1Cl. The van der Waals surface area contributed by atoms with Crippen LogP contribution in [-0.4, -0.2) is 22.0 Å². The van der Waals surface area contributed by atoms with Crippen molar-refractivity contribution >= 4 is 23.2 Å². The average Bonchev–Trinajstić information content (AvgIpc) is 2.85. The number of hydrogen-bond donors (Lipinski definition) is 1. The minimum atomic E-state index is -0.787. The molecule has 4 nitrogen and oxygen atoms in total. The fourth-order valence-corrected chi connectivity index (χ4v) is 2.69. The molecular formula is C14H16Cl2N2O2. The number of rotatable bonds is 5. The third kappa shape index (κ3) is 2.92. The van der Waals surface area contributed by atoms with Crippen LogP contribution in [0.2, 0.25) is 10.0 Å². The summed E-state index contributed by atoms with van der Waals surface area (Å²) in [5, 5.41) is 15.7. The summed E-state index contributed by atoms with van der Waals surface area (Å²) >= 11 is 12.3. The van der Waals surface area contributed by atoms with Gasteiger partial charge in [0.1, 0.15) is 11.8 Å². The van der Waals surface area contributed by atoms with Gasteiger partial charge in [-0.05, 0) is 24.6 Å². The highest BCUT2D eigenvalue weighted by molar-refractivity contribution is 6.36. The van der Waals surface area contributed by atoms with Gasteiger partial charge in [-0.25, -0.2) is 0 Å². The third-order valence-corrected chi connectivity index (χ3v) is 3.85. The largest absolute Gasteiger partial charge is 0.493 e. The van der Waals surface area contributed by atoms with Crippen molar-refractivity contribution in [1.82, 2.24) is 9.78 Å². The number of nitrogens with zero attached hydrogens (tertiary/aromatic N) is 2. The van der Waals surface area contributed by atoms with Crippen LogP contribution < -0.4 is 4.74 Å². The molecule has 2 aromatic rings. The molecule has 1 unspecified atom stereocenters. The summed E-state index contributed by atoms with van der Waals surface area (Å²) in [5.41, 5.74) is 1.35. The predicted molar refractivity (Wildman–Crippen MR) is 79.6 cm³/mol. The lowest BCUT2D eigenvalue weighted by atomic mass is 10.0. The van der Waals surface area contributed by atoms with Gasteiger partial charge in [0.05, 0.1) is 13.3 Å². The van der Waals surface area contributed by atoms with Gasteiger partial charge in [0.15, 0.2) is 5.75 Å². The van der Waals surface area contributed by atoms with Crippen molar-refractivity contribution < 1.29 is 9.84 Å². The highest BCUT2D eigenvalue weighted by Gasteiger charge is 2.21. The van der Waals surface area contributed by atoms with Gasteiger partial charge in [0.25, 0.3) is 0 Å². The Bertz CT molecular complexity index is 557. The van der Waals surface area contributed by atoms with Crippen LogP contribution in [0.4, 0.5) is 0 Å². The normalized spacial score (nSPS) is 12.4. The molecule has 0 amide bonds. The minimum Gasteiger partial charge on any atom is -0.493 e. The Labute approximate surface area is 127 Å². The predicted octanol–water partition coefficient (Wildman–Crippen LogP) is 3.49. The molecule has 0 bridgehead atoms. The first-order valence-electron chi connectivity index (χ1n) is 6.29. The maximum absolute atomic E-state index is 10.5. The lowest BCUT2D eigenvalue weighted by Crippen LogP contribution is -2.11. The second-order valence-electron chi connectivity index (χ2n) is 4.33. The summed E-state index contributed by atoms with van der Waals surface area (Å²) in [6, 6.07) is 5.28. The quantitative estimate of drug-likeness (QED) is 0.919. The molecule has 0 aliphatic heterocycles.